The van der Waals surface area contributed by atoms with Crippen LogP contribution in [0.2, 0.25) is 0 Å². The first-order valence-corrected chi connectivity index (χ1v) is 8.89. The molecule has 1 aromatic heterocycles. The summed E-state index contributed by atoms with van der Waals surface area (Å²) in [6.45, 7) is 2.97. The third-order valence-corrected chi connectivity index (χ3v) is 4.46. The summed E-state index contributed by atoms with van der Waals surface area (Å²) in [7, 11) is 1.28. The van der Waals surface area contributed by atoms with Gasteiger partial charge in [0.25, 0.3) is 0 Å². The van der Waals surface area contributed by atoms with E-state index in [1.54, 1.807) is 0 Å². The summed E-state index contributed by atoms with van der Waals surface area (Å²) in [4.78, 5) is 24.4. The normalized spacial score (nSPS) is 11.8. The van der Waals surface area contributed by atoms with E-state index in [0.717, 1.165) is 23.0 Å². The van der Waals surface area contributed by atoms with Crippen molar-refractivity contribution in [2.24, 2.45) is 0 Å². The molecule has 6 heteroatoms. The highest BCUT2D eigenvalue weighted by molar-refractivity contribution is 5.98. The van der Waals surface area contributed by atoms with E-state index >= 15 is 0 Å². The highest BCUT2D eigenvalue weighted by Gasteiger charge is 2.22. The standard InChI is InChI=1S/C21H23N3O3/c1-3-24-12-11-16-14-17(9-10-19(16)24)22-20(25)18(23-21(26)27-2)13-15-7-5-4-6-8-15/h4-12,14,18H,3,13H2,1-2H3,(H,22,25)(H,23,26). The number of alkyl carbamates (subject to hydrolysis) is 1. The molecule has 2 N–H and O–H groups in total. The van der Waals surface area contributed by atoms with E-state index in [9.17, 15) is 9.59 Å². The number of methoxy groups -OCH3 is 1. The molecule has 0 aliphatic rings. The number of hydrogen-bond donors (Lipinski definition) is 2. The molecule has 3 aromatic rings. The quantitative estimate of drug-likeness (QED) is 0.701. The average molecular weight is 365 g/mol. The first kappa shape index (κ1) is 18.5. The van der Waals surface area contributed by atoms with E-state index < -0.39 is 12.1 Å². The van der Waals surface area contributed by atoms with Crippen LogP contribution in [0.15, 0.2) is 60.8 Å². The number of hydrogen-bond acceptors (Lipinski definition) is 3. The van der Waals surface area contributed by atoms with Crippen LogP contribution < -0.4 is 10.6 Å². The summed E-state index contributed by atoms with van der Waals surface area (Å²) in [5.74, 6) is -0.293. The van der Waals surface area contributed by atoms with E-state index in [2.05, 4.69) is 26.9 Å². The van der Waals surface area contributed by atoms with Gasteiger partial charge in [0.1, 0.15) is 6.04 Å². The molecule has 0 fully saturated rings. The predicted octanol–water partition coefficient (Wildman–Crippen LogP) is 3.57. The third kappa shape index (κ3) is 4.47. The Kier molecular flexibility index (Phi) is 5.76. The Labute approximate surface area is 158 Å². The van der Waals surface area contributed by atoms with Gasteiger partial charge in [-0.2, -0.15) is 0 Å². The fraction of sp³-hybridized carbons (Fsp3) is 0.238. The second-order valence-electron chi connectivity index (χ2n) is 6.24. The smallest absolute Gasteiger partial charge is 0.407 e. The minimum atomic E-state index is -0.740. The maximum atomic E-state index is 12.8. The van der Waals surface area contributed by atoms with Gasteiger partial charge in [-0.05, 0) is 36.8 Å². The largest absolute Gasteiger partial charge is 0.453 e. The molecule has 0 bridgehead atoms. The van der Waals surface area contributed by atoms with Crippen molar-refractivity contribution < 1.29 is 14.3 Å². The van der Waals surface area contributed by atoms with Crippen molar-refractivity contribution in [3.05, 3.63) is 66.4 Å². The van der Waals surface area contributed by atoms with E-state index in [0.29, 0.717) is 12.1 Å². The van der Waals surface area contributed by atoms with E-state index in [-0.39, 0.29) is 5.91 Å². The minimum absolute atomic E-state index is 0.293. The van der Waals surface area contributed by atoms with Crippen LogP contribution in [0.1, 0.15) is 12.5 Å². The van der Waals surface area contributed by atoms with Gasteiger partial charge in [0.05, 0.1) is 7.11 Å². The van der Waals surface area contributed by atoms with Crippen molar-refractivity contribution in [1.82, 2.24) is 9.88 Å². The first-order valence-electron chi connectivity index (χ1n) is 8.89. The lowest BCUT2D eigenvalue weighted by atomic mass is 10.1. The van der Waals surface area contributed by atoms with Crippen molar-refractivity contribution in [2.75, 3.05) is 12.4 Å². The molecule has 0 aliphatic carbocycles. The molecule has 3 rings (SSSR count). The molecule has 1 unspecified atom stereocenters. The van der Waals surface area contributed by atoms with Gasteiger partial charge >= 0.3 is 6.09 Å². The summed E-state index contributed by atoms with van der Waals surface area (Å²) in [5, 5.41) is 6.55. The fourth-order valence-corrected chi connectivity index (χ4v) is 3.04. The number of rotatable bonds is 6. The van der Waals surface area contributed by atoms with Crippen LogP contribution in [0.4, 0.5) is 10.5 Å². The van der Waals surface area contributed by atoms with Crippen molar-refractivity contribution in [3.63, 3.8) is 0 Å². The lowest BCUT2D eigenvalue weighted by Crippen LogP contribution is -2.45. The van der Waals surface area contributed by atoms with Crippen molar-refractivity contribution in [1.29, 1.82) is 0 Å². The molecule has 2 aromatic carbocycles. The Morgan fingerprint density at radius 1 is 1.11 bits per heavy atom. The molecule has 140 valence electrons. The van der Waals surface area contributed by atoms with Gasteiger partial charge < -0.3 is 19.9 Å². The summed E-state index contributed by atoms with van der Waals surface area (Å²) in [5.41, 5.74) is 2.75. The SMILES string of the molecule is CCn1ccc2cc(NC(=O)C(Cc3ccccc3)NC(=O)OC)ccc21. The van der Waals surface area contributed by atoms with Gasteiger partial charge in [-0.3, -0.25) is 4.79 Å². The van der Waals surface area contributed by atoms with Crippen molar-refractivity contribution in [3.8, 4) is 0 Å². The minimum Gasteiger partial charge on any atom is -0.453 e. The molecule has 2 amide bonds. The number of benzene rings is 2. The van der Waals surface area contributed by atoms with Gasteiger partial charge in [0, 0.05) is 35.8 Å². The zero-order chi connectivity index (χ0) is 19.2. The van der Waals surface area contributed by atoms with Gasteiger partial charge in [0.2, 0.25) is 5.91 Å². The lowest BCUT2D eigenvalue weighted by Gasteiger charge is -2.18. The van der Waals surface area contributed by atoms with Gasteiger partial charge in [0.15, 0.2) is 0 Å². The monoisotopic (exact) mass is 365 g/mol. The summed E-state index contributed by atoms with van der Waals surface area (Å²) in [6.07, 6.45) is 1.75. The van der Waals surface area contributed by atoms with Crippen molar-refractivity contribution >= 4 is 28.6 Å². The van der Waals surface area contributed by atoms with Crippen LogP contribution in [-0.4, -0.2) is 29.7 Å². The van der Waals surface area contributed by atoms with Crippen LogP contribution in [0, 0.1) is 0 Å². The maximum Gasteiger partial charge on any atom is 0.407 e. The zero-order valence-corrected chi connectivity index (χ0v) is 15.4. The van der Waals surface area contributed by atoms with E-state index in [1.165, 1.54) is 7.11 Å². The van der Waals surface area contributed by atoms with Crippen LogP contribution in [0.5, 0.6) is 0 Å². The molecule has 0 saturated heterocycles. The van der Waals surface area contributed by atoms with Crippen molar-refractivity contribution in [2.45, 2.75) is 25.9 Å². The molecule has 6 nitrogen and oxygen atoms in total. The number of nitrogens with zero attached hydrogens (tertiary/aromatic N) is 1. The molecule has 0 spiro atoms. The number of carbonyl (C=O) groups excluding carboxylic acids is 2. The maximum absolute atomic E-state index is 12.8. The topological polar surface area (TPSA) is 72.4 Å². The average Bonchev–Trinajstić information content (AvgIpc) is 3.10. The molecule has 0 saturated carbocycles. The predicted molar refractivity (Wildman–Crippen MR) is 106 cm³/mol. The lowest BCUT2D eigenvalue weighted by molar-refractivity contribution is -0.118. The van der Waals surface area contributed by atoms with Crippen LogP contribution >= 0.6 is 0 Å². The summed E-state index contributed by atoms with van der Waals surface area (Å²) in [6, 6.07) is 16.6. The zero-order valence-electron chi connectivity index (χ0n) is 15.4. The van der Waals surface area contributed by atoms with Crippen LogP contribution in [0.3, 0.4) is 0 Å². The second-order valence-corrected chi connectivity index (χ2v) is 6.24. The number of amides is 2. The Morgan fingerprint density at radius 2 is 1.89 bits per heavy atom. The summed E-state index contributed by atoms with van der Waals surface area (Å²) >= 11 is 0. The molecule has 0 aliphatic heterocycles. The fourth-order valence-electron chi connectivity index (χ4n) is 3.04. The number of fused-ring (bicyclic) bond motifs is 1. The Bertz CT molecular complexity index is 934. The number of carbonyl (C=O) groups is 2. The first-order chi connectivity index (χ1) is 13.1. The Morgan fingerprint density at radius 3 is 2.59 bits per heavy atom. The number of ether oxygens (including phenoxy) is 1. The second kappa shape index (κ2) is 8.40. The number of aryl methyl sites for hydroxylation is 1. The number of anilines is 1. The van der Waals surface area contributed by atoms with Gasteiger partial charge in [-0.1, -0.05) is 30.3 Å². The highest BCUT2D eigenvalue weighted by atomic mass is 16.5. The molecular formula is C21H23N3O3. The van der Waals surface area contributed by atoms with Crippen LogP contribution in [0.25, 0.3) is 10.9 Å². The Balaban J connectivity index is 1.77. The van der Waals surface area contributed by atoms with Crippen LogP contribution in [-0.2, 0) is 22.5 Å². The van der Waals surface area contributed by atoms with E-state index in [1.807, 2.05) is 60.8 Å². The highest BCUT2D eigenvalue weighted by Crippen LogP contribution is 2.21. The number of aromatic nitrogens is 1. The molecular weight excluding hydrogens is 342 g/mol. The van der Waals surface area contributed by atoms with Gasteiger partial charge in [-0.25, -0.2) is 4.79 Å². The van der Waals surface area contributed by atoms with Gasteiger partial charge in [-0.15, -0.1) is 0 Å². The molecule has 1 heterocycles. The summed E-state index contributed by atoms with van der Waals surface area (Å²) < 4.78 is 6.80. The Hall–Kier alpha value is -3.28. The molecule has 0 radical (unpaired) electrons. The van der Waals surface area contributed by atoms with E-state index in [4.69, 9.17) is 0 Å². The molecule has 1 atom stereocenters. The molecule has 27 heavy (non-hydrogen) atoms. The third-order valence-electron chi connectivity index (χ3n) is 4.46. The number of nitrogens with one attached hydrogen (secondary N) is 2.